The quantitative estimate of drug-likeness (QED) is 0.636. The third-order valence-electron chi connectivity index (χ3n) is 2.70. The van der Waals surface area contributed by atoms with E-state index < -0.39 is 5.63 Å². The first-order valence-corrected chi connectivity index (χ1v) is 7.23. The minimum Gasteiger partial charge on any atom is -0.420 e. The molecule has 0 aliphatic carbocycles. The summed E-state index contributed by atoms with van der Waals surface area (Å²) in [7, 11) is 0. The van der Waals surface area contributed by atoms with Gasteiger partial charge in [-0.1, -0.05) is 12.1 Å². The predicted molar refractivity (Wildman–Crippen MR) is 74.4 cm³/mol. The van der Waals surface area contributed by atoms with Crippen molar-refractivity contribution in [3.05, 3.63) is 40.2 Å². The number of fused-ring (bicyclic) bond motifs is 3. The predicted octanol–water partition coefficient (Wildman–Crippen LogP) is 3.60. The van der Waals surface area contributed by atoms with Crippen LogP contribution in [0.4, 0.5) is 0 Å². The molecule has 0 atom stereocenters. The van der Waals surface area contributed by atoms with E-state index in [0.29, 0.717) is 10.5 Å². The van der Waals surface area contributed by atoms with E-state index in [1.807, 2.05) is 36.6 Å². The summed E-state index contributed by atoms with van der Waals surface area (Å²) >= 11 is 2.95. The van der Waals surface area contributed by atoms with Crippen LogP contribution in [-0.4, -0.2) is 6.26 Å². The molecule has 0 saturated heterocycles. The minimum atomic E-state index is -0.557. The molecular formula is C13H7NO2S2. The van der Waals surface area contributed by atoms with Crippen molar-refractivity contribution in [2.45, 2.75) is 4.90 Å². The molecule has 1 aromatic carbocycles. The van der Waals surface area contributed by atoms with Crippen molar-refractivity contribution < 1.29 is 4.42 Å². The average Bonchev–Trinajstić information content (AvgIpc) is 2.75. The largest absolute Gasteiger partial charge is 0.420 e. The molecule has 0 radical (unpaired) electrons. The van der Waals surface area contributed by atoms with Crippen LogP contribution in [0, 0.1) is 11.3 Å². The smallest absolute Gasteiger partial charge is 0.355 e. The van der Waals surface area contributed by atoms with Gasteiger partial charge in [-0.2, -0.15) is 5.26 Å². The van der Waals surface area contributed by atoms with E-state index in [0.717, 1.165) is 14.8 Å². The van der Waals surface area contributed by atoms with Crippen molar-refractivity contribution in [1.29, 1.82) is 5.26 Å². The zero-order valence-corrected chi connectivity index (χ0v) is 11.0. The fraction of sp³-hybridized carbons (Fsp3) is 0.0769. The van der Waals surface area contributed by atoms with Crippen molar-refractivity contribution in [2.24, 2.45) is 0 Å². The van der Waals surface area contributed by atoms with Gasteiger partial charge in [-0.3, -0.25) is 0 Å². The van der Waals surface area contributed by atoms with E-state index in [-0.39, 0.29) is 5.56 Å². The van der Waals surface area contributed by atoms with Crippen LogP contribution in [0.25, 0.3) is 20.4 Å². The molecule has 3 rings (SSSR count). The molecule has 5 heteroatoms. The van der Waals surface area contributed by atoms with Gasteiger partial charge in [0, 0.05) is 10.1 Å². The van der Waals surface area contributed by atoms with Crippen LogP contribution >= 0.6 is 23.1 Å². The highest BCUT2D eigenvalue weighted by Gasteiger charge is 2.17. The Morgan fingerprint density at radius 1 is 1.39 bits per heavy atom. The van der Waals surface area contributed by atoms with Crippen LogP contribution in [0.1, 0.15) is 5.56 Å². The Morgan fingerprint density at radius 2 is 2.17 bits per heavy atom. The first-order chi connectivity index (χ1) is 8.76. The zero-order valence-electron chi connectivity index (χ0n) is 9.39. The molecule has 2 heterocycles. The monoisotopic (exact) mass is 273 g/mol. The van der Waals surface area contributed by atoms with E-state index >= 15 is 0 Å². The number of hydrogen-bond donors (Lipinski definition) is 0. The molecule has 0 fully saturated rings. The Bertz CT molecular complexity index is 855. The fourth-order valence-corrected chi connectivity index (χ4v) is 3.98. The van der Waals surface area contributed by atoms with Crippen LogP contribution in [0.2, 0.25) is 0 Å². The highest BCUT2D eigenvalue weighted by molar-refractivity contribution is 7.99. The van der Waals surface area contributed by atoms with E-state index in [1.165, 1.54) is 11.8 Å². The molecule has 0 N–H and O–H groups in total. The Kier molecular flexibility index (Phi) is 2.62. The highest BCUT2D eigenvalue weighted by Crippen LogP contribution is 2.38. The van der Waals surface area contributed by atoms with Gasteiger partial charge < -0.3 is 4.42 Å². The van der Waals surface area contributed by atoms with Gasteiger partial charge in [0.05, 0.1) is 9.60 Å². The topological polar surface area (TPSA) is 54.0 Å². The lowest BCUT2D eigenvalue weighted by atomic mass is 10.2. The summed E-state index contributed by atoms with van der Waals surface area (Å²) in [6, 6.07) is 9.69. The van der Waals surface area contributed by atoms with Crippen molar-refractivity contribution >= 4 is 43.5 Å². The summed E-state index contributed by atoms with van der Waals surface area (Å²) in [5.74, 6) is 0. The van der Waals surface area contributed by atoms with Crippen LogP contribution < -0.4 is 5.63 Å². The van der Waals surface area contributed by atoms with Crippen molar-refractivity contribution in [3.63, 3.8) is 0 Å². The Balaban J connectivity index is 2.61. The number of benzene rings is 1. The van der Waals surface area contributed by atoms with E-state index in [2.05, 4.69) is 0 Å². The van der Waals surface area contributed by atoms with Crippen molar-refractivity contribution in [3.8, 4) is 6.07 Å². The summed E-state index contributed by atoms with van der Waals surface area (Å²) in [5.41, 5.74) is 0.128. The number of nitrogens with zero attached hydrogens (tertiary/aromatic N) is 1. The molecule has 3 aromatic rings. The second kappa shape index (κ2) is 4.16. The van der Waals surface area contributed by atoms with E-state index in [9.17, 15) is 4.79 Å². The van der Waals surface area contributed by atoms with Crippen LogP contribution in [0.15, 0.2) is 38.4 Å². The molecule has 0 saturated carbocycles. The Morgan fingerprint density at radius 3 is 2.89 bits per heavy atom. The summed E-state index contributed by atoms with van der Waals surface area (Å²) < 4.78 is 7.23. The van der Waals surface area contributed by atoms with Gasteiger partial charge in [-0.15, -0.1) is 23.1 Å². The molecule has 3 nitrogen and oxygen atoms in total. The van der Waals surface area contributed by atoms with Gasteiger partial charge in [-0.05, 0) is 18.4 Å². The van der Waals surface area contributed by atoms with Crippen LogP contribution in [0.5, 0.6) is 0 Å². The van der Waals surface area contributed by atoms with E-state index in [1.54, 1.807) is 11.3 Å². The number of thiophene rings is 1. The molecule has 0 spiro atoms. The van der Waals surface area contributed by atoms with Crippen molar-refractivity contribution in [1.82, 2.24) is 0 Å². The van der Waals surface area contributed by atoms with Crippen LogP contribution in [-0.2, 0) is 0 Å². The maximum absolute atomic E-state index is 11.8. The van der Waals surface area contributed by atoms with Gasteiger partial charge in [0.1, 0.15) is 6.07 Å². The lowest BCUT2D eigenvalue weighted by molar-refractivity contribution is 0.559. The number of nitriles is 1. The van der Waals surface area contributed by atoms with E-state index in [4.69, 9.17) is 9.68 Å². The van der Waals surface area contributed by atoms with Gasteiger partial charge >= 0.3 is 5.63 Å². The first kappa shape index (κ1) is 11.3. The van der Waals surface area contributed by atoms with Gasteiger partial charge in [0.15, 0.2) is 11.1 Å². The van der Waals surface area contributed by atoms with Gasteiger partial charge in [0.25, 0.3) is 0 Å². The molecule has 0 aliphatic rings. The number of thioether (sulfide) groups is 1. The molecule has 0 bridgehead atoms. The lowest BCUT2D eigenvalue weighted by Gasteiger charge is -1.99. The average molecular weight is 273 g/mol. The third-order valence-corrected chi connectivity index (χ3v) is 4.81. The molecule has 0 amide bonds. The standard InChI is InChI=1S/C13H7NO2S2/c1-17-11-8(6-14)13(15)16-10-7-4-2-3-5-9(7)18-12(10)11/h2-5H,1H3. The zero-order chi connectivity index (χ0) is 12.7. The highest BCUT2D eigenvalue weighted by atomic mass is 32.2. The van der Waals surface area contributed by atoms with Gasteiger partial charge in [0.2, 0.25) is 0 Å². The molecular weight excluding hydrogens is 266 g/mol. The molecule has 88 valence electrons. The van der Waals surface area contributed by atoms with Crippen molar-refractivity contribution in [2.75, 3.05) is 6.26 Å². The summed E-state index contributed by atoms with van der Waals surface area (Å²) in [5, 5.41) is 9.97. The Labute approximate surface area is 111 Å². The Hall–Kier alpha value is -1.77. The number of rotatable bonds is 1. The summed E-state index contributed by atoms with van der Waals surface area (Å²) in [6.07, 6.45) is 1.86. The molecule has 0 aliphatic heterocycles. The fourth-order valence-electron chi connectivity index (χ4n) is 1.91. The first-order valence-electron chi connectivity index (χ1n) is 5.18. The maximum atomic E-state index is 11.8. The number of hydrogen-bond acceptors (Lipinski definition) is 5. The molecule has 18 heavy (non-hydrogen) atoms. The summed E-state index contributed by atoms with van der Waals surface area (Å²) in [4.78, 5) is 12.5. The van der Waals surface area contributed by atoms with Gasteiger partial charge in [-0.25, -0.2) is 4.79 Å². The molecule has 2 aromatic heterocycles. The second-order valence-corrected chi connectivity index (χ2v) is 5.53. The lowest BCUT2D eigenvalue weighted by Crippen LogP contribution is -2.05. The maximum Gasteiger partial charge on any atom is 0.355 e. The summed E-state index contributed by atoms with van der Waals surface area (Å²) in [6.45, 7) is 0. The second-order valence-electron chi connectivity index (χ2n) is 3.67. The third kappa shape index (κ3) is 1.47. The molecule has 0 unspecified atom stereocenters. The normalized spacial score (nSPS) is 10.9. The van der Waals surface area contributed by atoms with Crippen LogP contribution in [0.3, 0.4) is 0 Å². The SMILES string of the molecule is CSc1c(C#N)c(=O)oc2c1sc1ccccc12. The minimum absolute atomic E-state index is 0.0987.